The van der Waals surface area contributed by atoms with Crippen molar-refractivity contribution in [1.29, 1.82) is 5.26 Å². The molecule has 7 nitrogen and oxygen atoms in total. The molecular weight excluding hydrogens is 356 g/mol. The summed E-state index contributed by atoms with van der Waals surface area (Å²) in [6, 6.07) is 7.10. The van der Waals surface area contributed by atoms with Crippen LogP contribution in [0, 0.1) is 25.2 Å². The minimum Gasteiger partial charge on any atom is -0.496 e. The molecule has 0 saturated carbocycles. The number of carbonyl (C=O) groups is 1. The first-order chi connectivity index (χ1) is 13.4. The number of rotatable bonds is 5. The van der Waals surface area contributed by atoms with Crippen molar-refractivity contribution < 1.29 is 14.3 Å². The number of hydrogen-bond acceptors (Lipinski definition) is 6. The van der Waals surface area contributed by atoms with E-state index >= 15 is 0 Å². The van der Waals surface area contributed by atoms with Gasteiger partial charge in [-0.3, -0.25) is 9.78 Å². The van der Waals surface area contributed by atoms with Crippen molar-refractivity contribution in [3.8, 4) is 28.8 Å². The van der Waals surface area contributed by atoms with Crippen LogP contribution in [0.2, 0.25) is 0 Å². The Kier molecular flexibility index (Phi) is 5.14. The molecule has 0 radical (unpaired) electrons. The van der Waals surface area contributed by atoms with Gasteiger partial charge in [0.25, 0.3) is 5.91 Å². The van der Waals surface area contributed by atoms with Crippen molar-refractivity contribution in [3.63, 3.8) is 0 Å². The van der Waals surface area contributed by atoms with Crippen LogP contribution in [0.25, 0.3) is 22.0 Å². The van der Waals surface area contributed by atoms with E-state index in [1.165, 1.54) is 7.11 Å². The van der Waals surface area contributed by atoms with Crippen molar-refractivity contribution in [3.05, 3.63) is 46.8 Å². The first-order valence-corrected chi connectivity index (χ1v) is 8.73. The normalized spacial score (nSPS) is 10.5. The van der Waals surface area contributed by atoms with Gasteiger partial charge in [-0.15, -0.1) is 0 Å². The van der Waals surface area contributed by atoms with Crippen LogP contribution in [0.3, 0.4) is 0 Å². The Bertz CT molecular complexity index is 1130. The number of methoxy groups -OCH3 is 1. The Morgan fingerprint density at radius 2 is 2.07 bits per heavy atom. The molecule has 0 fully saturated rings. The van der Waals surface area contributed by atoms with Crippen molar-refractivity contribution in [2.75, 3.05) is 13.7 Å². The van der Waals surface area contributed by atoms with Crippen LogP contribution in [0.4, 0.5) is 0 Å². The molecule has 2 N–H and O–H groups in total. The molecule has 1 amide bonds. The van der Waals surface area contributed by atoms with Crippen molar-refractivity contribution in [2.45, 2.75) is 20.8 Å². The van der Waals surface area contributed by atoms with E-state index in [1.54, 1.807) is 31.3 Å². The minimum absolute atomic E-state index is 0.267. The van der Waals surface area contributed by atoms with E-state index < -0.39 is 5.91 Å². The van der Waals surface area contributed by atoms with Gasteiger partial charge in [0.2, 0.25) is 5.88 Å². The molecule has 0 aliphatic heterocycles. The maximum atomic E-state index is 12.4. The number of benzene rings is 1. The Labute approximate surface area is 162 Å². The monoisotopic (exact) mass is 376 g/mol. The van der Waals surface area contributed by atoms with E-state index in [2.05, 4.69) is 16.0 Å². The van der Waals surface area contributed by atoms with Crippen LogP contribution in [-0.2, 0) is 0 Å². The van der Waals surface area contributed by atoms with Gasteiger partial charge in [-0.2, -0.15) is 5.26 Å². The van der Waals surface area contributed by atoms with Crippen LogP contribution in [-0.4, -0.2) is 29.6 Å². The van der Waals surface area contributed by atoms with E-state index in [0.29, 0.717) is 51.5 Å². The van der Waals surface area contributed by atoms with Crippen LogP contribution in [0.5, 0.6) is 11.6 Å². The number of aromatic nitrogens is 2. The molecule has 0 saturated heterocycles. The molecule has 0 spiro atoms. The molecule has 2 heterocycles. The molecule has 0 unspecified atom stereocenters. The minimum atomic E-state index is -0.614. The highest BCUT2D eigenvalue weighted by atomic mass is 16.5. The zero-order chi connectivity index (χ0) is 20.4. The second-order valence-corrected chi connectivity index (χ2v) is 6.24. The highest BCUT2D eigenvalue weighted by Gasteiger charge is 2.25. The van der Waals surface area contributed by atoms with E-state index in [1.807, 2.05) is 13.8 Å². The lowest BCUT2D eigenvalue weighted by molar-refractivity contribution is 0.1000. The molecule has 0 aliphatic rings. The molecule has 0 bridgehead atoms. The highest BCUT2D eigenvalue weighted by Crippen LogP contribution is 2.42. The van der Waals surface area contributed by atoms with Crippen molar-refractivity contribution in [1.82, 2.24) is 9.97 Å². The predicted molar refractivity (Wildman–Crippen MR) is 105 cm³/mol. The number of nitrogens with zero attached hydrogens (tertiary/aromatic N) is 3. The van der Waals surface area contributed by atoms with E-state index in [4.69, 9.17) is 15.2 Å². The number of primary amides is 1. The summed E-state index contributed by atoms with van der Waals surface area (Å²) in [5.74, 6) is 0.189. The summed E-state index contributed by atoms with van der Waals surface area (Å²) in [4.78, 5) is 21.4. The number of fused-ring (bicyclic) bond motifs is 1. The highest BCUT2D eigenvalue weighted by molar-refractivity contribution is 6.11. The number of nitrogens with two attached hydrogens (primary N) is 1. The summed E-state index contributed by atoms with van der Waals surface area (Å²) in [5, 5.41) is 9.80. The molecule has 2 aromatic heterocycles. The zero-order valence-electron chi connectivity index (χ0n) is 16.2. The van der Waals surface area contributed by atoms with Crippen LogP contribution in [0.1, 0.15) is 34.1 Å². The summed E-state index contributed by atoms with van der Waals surface area (Å²) in [6.45, 7) is 5.88. The maximum absolute atomic E-state index is 12.4. The predicted octanol–water partition coefficient (Wildman–Crippen LogP) is 3.29. The summed E-state index contributed by atoms with van der Waals surface area (Å²) >= 11 is 0. The molecule has 3 rings (SSSR count). The SMILES string of the molecule is CCOc1ncc(C)c2nc(C)c(C(N)=O)c(-c3ccc(C#N)cc3OC)c12. The number of pyridine rings is 2. The Balaban J connectivity index is 2.57. The van der Waals surface area contributed by atoms with Gasteiger partial charge in [-0.05, 0) is 44.5 Å². The first-order valence-electron chi connectivity index (χ1n) is 8.73. The molecule has 7 heteroatoms. The van der Waals surface area contributed by atoms with Gasteiger partial charge in [-0.1, -0.05) is 0 Å². The first kappa shape index (κ1) is 19.1. The summed E-state index contributed by atoms with van der Waals surface area (Å²) in [6.07, 6.45) is 1.68. The molecule has 0 atom stereocenters. The maximum Gasteiger partial charge on any atom is 0.251 e. The third-order valence-corrected chi connectivity index (χ3v) is 4.47. The Morgan fingerprint density at radius 3 is 2.68 bits per heavy atom. The third-order valence-electron chi connectivity index (χ3n) is 4.47. The molecule has 0 aliphatic carbocycles. The topological polar surface area (TPSA) is 111 Å². The van der Waals surface area contributed by atoms with E-state index in [-0.39, 0.29) is 5.56 Å². The van der Waals surface area contributed by atoms with E-state index in [0.717, 1.165) is 5.56 Å². The fourth-order valence-electron chi connectivity index (χ4n) is 3.26. The van der Waals surface area contributed by atoms with Crippen molar-refractivity contribution >= 4 is 16.8 Å². The van der Waals surface area contributed by atoms with Gasteiger partial charge in [0, 0.05) is 17.3 Å². The zero-order valence-corrected chi connectivity index (χ0v) is 16.2. The fraction of sp³-hybridized carbons (Fsp3) is 0.238. The lowest BCUT2D eigenvalue weighted by Gasteiger charge is -2.18. The van der Waals surface area contributed by atoms with Gasteiger partial charge in [-0.25, -0.2) is 4.98 Å². The number of ether oxygens (including phenoxy) is 2. The fourth-order valence-corrected chi connectivity index (χ4v) is 3.26. The number of hydrogen-bond donors (Lipinski definition) is 1. The summed E-state index contributed by atoms with van der Waals surface area (Å²) in [7, 11) is 1.51. The second-order valence-electron chi connectivity index (χ2n) is 6.24. The molecule has 28 heavy (non-hydrogen) atoms. The molecule has 142 valence electrons. The van der Waals surface area contributed by atoms with Crippen LogP contribution in [0.15, 0.2) is 24.4 Å². The summed E-state index contributed by atoms with van der Waals surface area (Å²) in [5.41, 5.74) is 9.58. The molecule has 1 aromatic carbocycles. The number of nitriles is 1. The number of aryl methyl sites for hydroxylation is 2. The smallest absolute Gasteiger partial charge is 0.251 e. The lowest BCUT2D eigenvalue weighted by atomic mass is 9.92. The van der Waals surface area contributed by atoms with Crippen molar-refractivity contribution in [2.24, 2.45) is 5.73 Å². The third kappa shape index (κ3) is 3.09. The standard InChI is InChI=1S/C21H20N4O3/c1-5-28-21-18-17(14-7-6-13(9-22)8-15(14)27-4)16(20(23)26)12(3)25-19(18)11(2)10-24-21/h6-8,10H,5H2,1-4H3,(H2,23,26). The van der Waals surface area contributed by atoms with Crippen LogP contribution < -0.4 is 15.2 Å². The quantitative estimate of drug-likeness (QED) is 0.731. The van der Waals surface area contributed by atoms with Gasteiger partial charge in [0.15, 0.2) is 0 Å². The summed E-state index contributed by atoms with van der Waals surface area (Å²) < 4.78 is 11.2. The van der Waals surface area contributed by atoms with Gasteiger partial charge < -0.3 is 15.2 Å². The van der Waals surface area contributed by atoms with Gasteiger partial charge in [0.05, 0.1) is 47.5 Å². The Hall–Kier alpha value is -3.66. The number of carbonyl (C=O) groups excluding carboxylic acids is 1. The Morgan fingerprint density at radius 1 is 1.32 bits per heavy atom. The van der Waals surface area contributed by atoms with E-state index in [9.17, 15) is 10.1 Å². The lowest BCUT2D eigenvalue weighted by Crippen LogP contribution is -2.16. The molecular formula is C21H20N4O3. The van der Waals surface area contributed by atoms with Crippen LogP contribution >= 0.6 is 0 Å². The van der Waals surface area contributed by atoms with Gasteiger partial charge >= 0.3 is 0 Å². The molecule has 3 aromatic rings. The largest absolute Gasteiger partial charge is 0.496 e. The average molecular weight is 376 g/mol. The number of amides is 1. The van der Waals surface area contributed by atoms with Gasteiger partial charge in [0.1, 0.15) is 5.75 Å². The second kappa shape index (κ2) is 7.53. The average Bonchev–Trinajstić information content (AvgIpc) is 2.68.